The first-order chi connectivity index (χ1) is 16.3. The molecular formula is C28H28N2O4. The first-order valence-corrected chi connectivity index (χ1v) is 12.1. The van der Waals surface area contributed by atoms with Gasteiger partial charge in [-0.3, -0.25) is 9.13 Å². The predicted molar refractivity (Wildman–Crippen MR) is 128 cm³/mol. The van der Waals surface area contributed by atoms with Crippen LogP contribution in [-0.4, -0.2) is 29.6 Å². The highest BCUT2D eigenvalue weighted by Crippen LogP contribution is 2.60. The summed E-state index contributed by atoms with van der Waals surface area (Å²) in [5.41, 5.74) is 7.92. The summed E-state index contributed by atoms with van der Waals surface area (Å²) in [6.07, 6.45) is 6.29. The Labute approximate surface area is 197 Å². The van der Waals surface area contributed by atoms with Crippen molar-refractivity contribution < 1.29 is 20.4 Å². The number of aromatic hydroxyl groups is 4. The molecule has 0 saturated carbocycles. The number of nitrogens with zero attached hydrogens (tertiary/aromatic N) is 2. The SMILES string of the molecule is CC1=CC2CC1c1c2c(O)n(Cc2cccc(Cn3c(O)c4c(c3O)C3CC4C=C3C)c2)c1O. The number of fused-ring (bicyclic) bond motifs is 10. The van der Waals surface area contributed by atoms with Crippen LogP contribution in [0.2, 0.25) is 0 Å². The van der Waals surface area contributed by atoms with E-state index in [4.69, 9.17) is 0 Å². The monoisotopic (exact) mass is 456 g/mol. The molecule has 0 fully saturated rings. The van der Waals surface area contributed by atoms with E-state index in [9.17, 15) is 20.4 Å². The number of rotatable bonds is 4. The smallest absolute Gasteiger partial charge is 0.198 e. The average Bonchev–Trinajstić information content (AvgIpc) is 3.62. The van der Waals surface area contributed by atoms with Crippen molar-refractivity contribution >= 4 is 0 Å². The van der Waals surface area contributed by atoms with E-state index in [0.717, 1.165) is 46.2 Å². The standard InChI is InChI=1S/C28H28N2O4/c1-13-6-17-9-19(13)23-21(17)25(31)29(27(23)33)11-15-4-3-5-16(8-15)12-30-26(32)22-18-7-14(2)20(10-18)24(22)28(30)34/h3-8,17-20,31-34H,9-12H2,1-2H3. The Balaban J connectivity index is 1.19. The number of allylic oxidation sites excluding steroid dienone is 4. The van der Waals surface area contributed by atoms with Crippen molar-refractivity contribution in [1.29, 1.82) is 0 Å². The summed E-state index contributed by atoms with van der Waals surface area (Å²) in [6, 6.07) is 7.87. The van der Waals surface area contributed by atoms with Crippen LogP contribution >= 0.6 is 0 Å². The Hall–Kier alpha value is -3.54. The summed E-state index contributed by atoms with van der Waals surface area (Å²) in [6.45, 7) is 4.89. The number of hydrogen-bond acceptors (Lipinski definition) is 4. The second-order valence-corrected chi connectivity index (χ2v) is 10.6. The number of hydrogen-bond donors (Lipinski definition) is 4. The van der Waals surface area contributed by atoms with E-state index in [1.54, 1.807) is 9.13 Å². The van der Waals surface area contributed by atoms with E-state index in [0.29, 0.717) is 13.1 Å². The average molecular weight is 457 g/mol. The molecule has 0 amide bonds. The molecule has 4 bridgehead atoms. The largest absolute Gasteiger partial charge is 0.494 e. The Morgan fingerprint density at radius 1 is 0.676 bits per heavy atom. The third-order valence-corrected chi connectivity index (χ3v) is 8.68. The van der Waals surface area contributed by atoms with Gasteiger partial charge in [-0.05, 0) is 37.8 Å². The Morgan fingerprint density at radius 3 is 1.53 bits per heavy atom. The molecule has 34 heavy (non-hydrogen) atoms. The molecular weight excluding hydrogens is 428 g/mol. The summed E-state index contributed by atoms with van der Waals surface area (Å²) in [4.78, 5) is 0. The Bertz CT molecular complexity index is 1350. The van der Waals surface area contributed by atoms with Crippen LogP contribution in [0.1, 0.15) is 83.7 Å². The minimum Gasteiger partial charge on any atom is -0.494 e. The Kier molecular flexibility index (Phi) is 3.82. The van der Waals surface area contributed by atoms with Crippen LogP contribution in [0.5, 0.6) is 23.5 Å². The van der Waals surface area contributed by atoms with Gasteiger partial charge in [0, 0.05) is 45.9 Å². The predicted octanol–water partition coefficient (Wildman–Crippen LogP) is 5.27. The maximum atomic E-state index is 11.0. The molecule has 4 N–H and O–H groups in total. The molecule has 4 aliphatic carbocycles. The highest BCUT2D eigenvalue weighted by Gasteiger charge is 2.44. The second kappa shape index (κ2) is 6.53. The van der Waals surface area contributed by atoms with Gasteiger partial charge in [0.05, 0.1) is 13.1 Å². The van der Waals surface area contributed by atoms with Gasteiger partial charge in [-0.25, -0.2) is 0 Å². The molecule has 1 aromatic carbocycles. The van der Waals surface area contributed by atoms with E-state index in [1.807, 2.05) is 24.3 Å². The van der Waals surface area contributed by atoms with Gasteiger partial charge in [0.2, 0.25) is 0 Å². The van der Waals surface area contributed by atoms with E-state index < -0.39 is 0 Å². The van der Waals surface area contributed by atoms with Crippen LogP contribution in [0.25, 0.3) is 0 Å². The fourth-order valence-corrected chi connectivity index (χ4v) is 7.15. The van der Waals surface area contributed by atoms with E-state index in [2.05, 4.69) is 26.0 Å². The summed E-state index contributed by atoms with van der Waals surface area (Å²) < 4.78 is 3.20. The van der Waals surface area contributed by atoms with Crippen LogP contribution in [0.4, 0.5) is 0 Å². The molecule has 0 saturated heterocycles. The molecule has 2 aromatic heterocycles. The van der Waals surface area contributed by atoms with Gasteiger partial charge in [0.15, 0.2) is 23.5 Å². The minimum atomic E-state index is 0.157. The third kappa shape index (κ3) is 2.41. The highest BCUT2D eigenvalue weighted by atomic mass is 16.3. The van der Waals surface area contributed by atoms with Crippen molar-refractivity contribution in [3.05, 3.63) is 80.9 Å². The van der Waals surface area contributed by atoms with Gasteiger partial charge >= 0.3 is 0 Å². The lowest BCUT2D eigenvalue weighted by molar-refractivity contribution is 0.370. The fraction of sp³-hybridized carbons (Fsp3) is 0.357. The van der Waals surface area contributed by atoms with Crippen molar-refractivity contribution in [3.63, 3.8) is 0 Å². The molecule has 0 aliphatic heterocycles. The van der Waals surface area contributed by atoms with Crippen LogP contribution < -0.4 is 0 Å². The van der Waals surface area contributed by atoms with Crippen molar-refractivity contribution in [2.75, 3.05) is 0 Å². The van der Waals surface area contributed by atoms with E-state index in [-0.39, 0.29) is 47.2 Å². The van der Waals surface area contributed by atoms with Crippen LogP contribution in [0, 0.1) is 0 Å². The van der Waals surface area contributed by atoms with Gasteiger partial charge in [0.1, 0.15) is 0 Å². The highest BCUT2D eigenvalue weighted by molar-refractivity contribution is 5.62. The van der Waals surface area contributed by atoms with Gasteiger partial charge < -0.3 is 20.4 Å². The lowest BCUT2D eigenvalue weighted by Gasteiger charge is -2.13. The zero-order chi connectivity index (χ0) is 23.5. The van der Waals surface area contributed by atoms with Crippen LogP contribution in [-0.2, 0) is 13.1 Å². The first kappa shape index (κ1) is 19.9. The maximum absolute atomic E-state index is 11.0. The molecule has 4 atom stereocenters. The lowest BCUT2D eigenvalue weighted by atomic mass is 9.95. The van der Waals surface area contributed by atoms with Crippen molar-refractivity contribution in [2.24, 2.45) is 0 Å². The molecule has 0 radical (unpaired) electrons. The maximum Gasteiger partial charge on any atom is 0.198 e. The van der Waals surface area contributed by atoms with Gasteiger partial charge in [-0.1, -0.05) is 47.6 Å². The molecule has 6 heteroatoms. The summed E-state index contributed by atoms with van der Waals surface area (Å²) in [7, 11) is 0. The zero-order valence-corrected chi connectivity index (χ0v) is 19.3. The molecule has 4 unspecified atom stereocenters. The van der Waals surface area contributed by atoms with Crippen molar-refractivity contribution in [3.8, 4) is 23.5 Å². The van der Waals surface area contributed by atoms with E-state index >= 15 is 0 Å². The second-order valence-electron chi connectivity index (χ2n) is 10.6. The van der Waals surface area contributed by atoms with E-state index in [1.165, 1.54) is 11.1 Å². The summed E-state index contributed by atoms with van der Waals surface area (Å²) in [5.74, 6) is 1.42. The topological polar surface area (TPSA) is 90.8 Å². The molecule has 4 aliphatic rings. The van der Waals surface area contributed by atoms with Crippen LogP contribution in [0.15, 0.2) is 47.6 Å². The Morgan fingerprint density at radius 2 is 1.09 bits per heavy atom. The van der Waals surface area contributed by atoms with Gasteiger partial charge in [0.25, 0.3) is 0 Å². The third-order valence-electron chi connectivity index (χ3n) is 8.68. The van der Waals surface area contributed by atoms with Crippen LogP contribution in [0.3, 0.4) is 0 Å². The van der Waals surface area contributed by atoms with Gasteiger partial charge in [-0.15, -0.1) is 0 Å². The van der Waals surface area contributed by atoms with Crippen molar-refractivity contribution in [2.45, 2.75) is 63.5 Å². The molecule has 3 aromatic rings. The number of aromatic nitrogens is 2. The molecule has 174 valence electrons. The van der Waals surface area contributed by atoms with Gasteiger partial charge in [-0.2, -0.15) is 0 Å². The molecule has 6 nitrogen and oxygen atoms in total. The fourth-order valence-electron chi connectivity index (χ4n) is 7.15. The number of benzene rings is 1. The summed E-state index contributed by atoms with van der Waals surface area (Å²) in [5, 5.41) is 43.7. The molecule has 2 heterocycles. The van der Waals surface area contributed by atoms with Crippen molar-refractivity contribution in [1.82, 2.24) is 9.13 Å². The summed E-state index contributed by atoms with van der Waals surface area (Å²) >= 11 is 0. The quantitative estimate of drug-likeness (QED) is 0.403. The first-order valence-electron chi connectivity index (χ1n) is 12.1. The zero-order valence-electron chi connectivity index (χ0n) is 19.3. The minimum absolute atomic E-state index is 0.157. The normalized spacial score (nSPS) is 25.6. The molecule has 7 rings (SSSR count). The lowest BCUT2D eigenvalue weighted by Crippen LogP contribution is -2.04. The molecule has 0 spiro atoms.